The fourth-order valence-electron chi connectivity index (χ4n) is 2.90. The molecule has 0 aliphatic carbocycles. The molecule has 0 unspecified atom stereocenters. The van der Waals surface area contributed by atoms with Crippen molar-refractivity contribution in [2.24, 2.45) is 0 Å². The highest BCUT2D eigenvalue weighted by Crippen LogP contribution is 2.31. The van der Waals surface area contributed by atoms with Crippen LogP contribution in [0, 0.1) is 11.6 Å². The van der Waals surface area contributed by atoms with Gasteiger partial charge in [0.1, 0.15) is 0 Å². The van der Waals surface area contributed by atoms with Gasteiger partial charge in [-0.15, -0.1) is 0 Å². The highest BCUT2D eigenvalue weighted by atomic mass is 35.5. The van der Waals surface area contributed by atoms with E-state index in [0.717, 1.165) is 11.3 Å². The quantitative estimate of drug-likeness (QED) is 0.614. The molecule has 2 aromatic rings. The van der Waals surface area contributed by atoms with Gasteiger partial charge in [0.25, 0.3) is 5.91 Å². The lowest BCUT2D eigenvalue weighted by Crippen LogP contribution is -2.38. The molecule has 1 amide bonds. The SMILES string of the molecule is C[C@H]1Cc2ccccc2N1C(=O)COC(=O)c1cc(F)c(F)cc1Cl. The molecular formula is C18H14ClF2NO3. The van der Waals surface area contributed by atoms with E-state index in [1.165, 1.54) is 0 Å². The minimum absolute atomic E-state index is 0.0598. The molecule has 0 radical (unpaired) electrons. The monoisotopic (exact) mass is 365 g/mol. The van der Waals surface area contributed by atoms with Gasteiger partial charge >= 0.3 is 5.97 Å². The summed E-state index contributed by atoms with van der Waals surface area (Å²) in [7, 11) is 0. The Kier molecular flexibility index (Phi) is 4.72. The normalized spacial score (nSPS) is 15.8. The Balaban J connectivity index is 1.71. The van der Waals surface area contributed by atoms with Crippen LogP contribution >= 0.6 is 11.6 Å². The average Bonchev–Trinajstić information content (AvgIpc) is 2.91. The van der Waals surface area contributed by atoms with Gasteiger partial charge in [-0.1, -0.05) is 29.8 Å². The van der Waals surface area contributed by atoms with Crippen LogP contribution in [0.25, 0.3) is 0 Å². The van der Waals surface area contributed by atoms with Crippen LogP contribution < -0.4 is 4.90 Å². The Morgan fingerprint density at radius 3 is 2.68 bits per heavy atom. The number of esters is 1. The van der Waals surface area contributed by atoms with E-state index in [4.69, 9.17) is 16.3 Å². The number of nitrogens with zero attached hydrogens (tertiary/aromatic N) is 1. The predicted molar refractivity (Wildman–Crippen MR) is 88.7 cm³/mol. The first-order valence-electron chi connectivity index (χ1n) is 7.60. The number of anilines is 1. The fraction of sp³-hybridized carbons (Fsp3) is 0.222. The minimum Gasteiger partial charge on any atom is -0.452 e. The van der Waals surface area contributed by atoms with E-state index in [0.29, 0.717) is 18.6 Å². The maximum absolute atomic E-state index is 13.3. The van der Waals surface area contributed by atoms with Gasteiger partial charge in [0.05, 0.1) is 10.6 Å². The van der Waals surface area contributed by atoms with Crippen molar-refractivity contribution in [2.45, 2.75) is 19.4 Å². The number of fused-ring (bicyclic) bond motifs is 1. The van der Waals surface area contributed by atoms with E-state index in [9.17, 15) is 18.4 Å². The second-order valence-corrected chi connectivity index (χ2v) is 6.18. The summed E-state index contributed by atoms with van der Waals surface area (Å²) in [6.45, 7) is 1.37. The fourth-order valence-corrected chi connectivity index (χ4v) is 3.13. The molecule has 0 saturated carbocycles. The van der Waals surface area contributed by atoms with E-state index >= 15 is 0 Å². The molecule has 0 saturated heterocycles. The number of halogens is 3. The summed E-state index contributed by atoms with van der Waals surface area (Å²) in [6.07, 6.45) is 0.713. The summed E-state index contributed by atoms with van der Waals surface area (Å²) < 4.78 is 31.3. The minimum atomic E-state index is -1.22. The van der Waals surface area contributed by atoms with Gasteiger partial charge in [-0.25, -0.2) is 13.6 Å². The van der Waals surface area contributed by atoms with Gasteiger partial charge in [0.2, 0.25) is 0 Å². The highest BCUT2D eigenvalue weighted by Gasteiger charge is 2.31. The largest absolute Gasteiger partial charge is 0.452 e. The van der Waals surface area contributed by atoms with E-state index in [2.05, 4.69) is 0 Å². The topological polar surface area (TPSA) is 46.6 Å². The summed E-state index contributed by atoms with van der Waals surface area (Å²) in [5, 5.41) is -0.281. The number of rotatable bonds is 3. The lowest BCUT2D eigenvalue weighted by atomic mass is 10.1. The van der Waals surface area contributed by atoms with E-state index in [1.807, 2.05) is 31.2 Å². The molecule has 130 valence electrons. The van der Waals surface area contributed by atoms with Crippen molar-refractivity contribution in [1.82, 2.24) is 0 Å². The first kappa shape index (κ1) is 17.4. The van der Waals surface area contributed by atoms with Crippen molar-refractivity contribution < 1.29 is 23.1 Å². The smallest absolute Gasteiger partial charge is 0.340 e. The molecule has 0 fully saturated rings. The summed E-state index contributed by atoms with van der Waals surface area (Å²) in [5.74, 6) is -3.77. The van der Waals surface area contributed by atoms with Crippen LogP contribution in [0.3, 0.4) is 0 Å². The first-order valence-corrected chi connectivity index (χ1v) is 7.98. The van der Waals surface area contributed by atoms with Gasteiger partial charge in [0, 0.05) is 11.7 Å². The van der Waals surface area contributed by atoms with E-state index in [-0.39, 0.29) is 16.6 Å². The summed E-state index contributed by atoms with van der Waals surface area (Å²) >= 11 is 5.73. The predicted octanol–water partition coefficient (Wildman–Crippen LogP) is 3.75. The number of hydrogen-bond acceptors (Lipinski definition) is 3. The Morgan fingerprint density at radius 1 is 1.24 bits per heavy atom. The number of benzene rings is 2. The standard InChI is InChI=1S/C18H14ClF2NO3/c1-10-6-11-4-2-3-5-16(11)22(10)17(23)9-25-18(24)12-7-14(20)15(21)8-13(12)19/h2-5,7-8,10H,6,9H2,1H3/t10-/m0/s1. The number of carbonyl (C=O) groups is 2. The Morgan fingerprint density at radius 2 is 1.92 bits per heavy atom. The number of ether oxygens (including phenoxy) is 1. The van der Waals surface area contributed by atoms with Crippen LogP contribution in [0.2, 0.25) is 5.02 Å². The van der Waals surface area contributed by atoms with Crippen LogP contribution in [0.15, 0.2) is 36.4 Å². The molecule has 3 rings (SSSR count). The van der Waals surface area contributed by atoms with Gasteiger partial charge in [-0.2, -0.15) is 0 Å². The van der Waals surface area contributed by atoms with Crippen molar-refractivity contribution in [1.29, 1.82) is 0 Å². The number of amides is 1. The van der Waals surface area contributed by atoms with Gasteiger partial charge in [-0.05, 0) is 37.1 Å². The number of hydrogen-bond donors (Lipinski definition) is 0. The number of para-hydroxylation sites is 1. The van der Waals surface area contributed by atoms with Crippen molar-refractivity contribution in [3.05, 3.63) is 64.2 Å². The Hall–Kier alpha value is -2.47. The molecule has 1 heterocycles. The first-order chi connectivity index (χ1) is 11.9. The molecule has 1 aliphatic heterocycles. The molecule has 0 N–H and O–H groups in total. The third kappa shape index (κ3) is 3.35. The van der Waals surface area contributed by atoms with E-state index in [1.54, 1.807) is 4.90 Å². The van der Waals surface area contributed by atoms with E-state index < -0.39 is 30.1 Å². The summed E-state index contributed by atoms with van der Waals surface area (Å²) in [5.41, 5.74) is 1.49. The zero-order valence-corrected chi connectivity index (χ0v) is 14.0. The molecule has 0 bridgehead atoms. The summed E-state index contributed by atoms with van der Waals surface area (Å²) in [4.78, 5) is 26.0. The van der Waals surface area contributed by atoms with Crippen molar-refractivity contribution in [2.75, 3.05) is 11.5 Å². The maximum Gasteiger partial charge on any atom is 0.340 e. The third-order valence-electron chi connectivity index (χ3n) is 4.03. The second-order valence-electron chi connectivity index (χ2n) is 5.77. The third-order valence-corrected chi connectivity index (χ3v) is 4.35. The van der Waals surface area contributed by atoms with Crippen LogP contribution in [-0.2, 0) is 16.0 Å². The molecule has 0 aromatic heterocycles. The maximum atomic E-state index is 13.3. The molecule has 0 spiro atoms. The zero-order chi connectivity index (χ0) is 18.1. The lowest BCUT2D eigenvalue weighted by molar-refractivity contribution is -0.122. The van der Waals surface area contributed by atoms with Crippen LogP contribution in [-0.4, -0.2) is 24.5 Å². The van der Waals surface area contributed by atoms with Crippen molar-refractivity contribution in [3.8, 4) is 0 Å². The average molecular weight is 366 g/mol. The van der Waals surface area contributed by atoms with Crippen LogP contribution in [0.4, 0.5) is 14.5 Å². The van der Waals surface area contributed by atoms with Crippen molar-refractivity contribution in [3.63, 3.8) is 0 Å². The number of carbonyl (C=O) groups excluding carboxylic acids is 2. The Labute approximate surface area is 148 Å². The molecule has 1 aliphatic rings. The van der Waals surface area contributed by atoms with Gasteiger partial charge in [0.15, 0.2) is 18.2 Å². The summed E-state index contributed by atoms with van der Waals surface area (Å²) in [6, 6.07) is 8.76. The second kappa shape index (κ2) is 6.80. The van der Waals surface area contributed by atoms with Crippen LogP contribution in [0.5, 0.6) is 0 Å². The van der Waals surface area contributed by atoms with Crippen molar-refractivity contribution >= 4 is 29.2 Å². The molecular weight excluding hydrogens is 352 g/mol. The molecule has 25 heavy (non-hydrogen) atoms. The lowest BCUT2D eigenvalue weighted by Gasteiger charge is -2.22. The highest BCUT2D eigenvalue weighted by molar-refractivity contribution is 6.33. The molecule has 2 aromatic carbocycles. The molecule has 1 atom stereocenters. The van der Waals surface area contributed by atoms with Crippen LogP contribution in [0.1, 0.15) is 22.8 Å². The molecule has 4 nitrogen and oxygen atoms in total. The van der Waals surface area contributed by atoms with Gasteiger partial charge in [-0.3, -0.25) is 4.79 Å². The Bertz CT molecular complexity index is 856. The van der Waals surface area contributed by atoms with Gasteiger partial charge < -0.3 is 9.64 Å². The zero-order valence-electron chi connectivity index (χ0n) is 13.3. The molecule has 7 heteroatoms.